The Morgan fingerprint density at radius 2 is 2.21 bits per heavy atom. The summed E-state index contributed by atoms with van der Waals surface area (Å²) in [6.45, 7) is 6.49. The Balaban J connectivity index is 2.06. The summed E-state index contributed by atoms with van der Waals surface area (Å²) >= 11 is 0. The average Bonchev–Trinajstić information content (AvgIpc) is 3.00. The normalized spacial score (nSPS) is 18.2. The number of rotatable bonds is 2. The fourth-order valence-electron chi connectivity index (χ4n) is 3.58. The molecule has 0 bridgehead atoms. The van der Waals surface area contributed by atoms with Crippen molar-refractivity contribution in [1.29, 1.82) is 5.26 Å². The van der Waals surface area contributed by atoms with Gasteiger partial charge in [0.05, 0.1) is 35.9 Å². The molecular formula is C19H20N4O. The van der Waals surface area contributed by atoms with Gasteiger partial charge in [-0.25, -0.2) is 4.98 Å². The van der Waals surface area contributed by atoms with Crippen molar-refractivity contribution in [2.24, 2.45) is 0 Å². The third kappa shape index (κ3) is 2.15. The highest BCUT2D eigenvalue weighted by molar-refractivity contribution is 5.85. The van der Waals surface area contributed by atoms with Crippen molar-refractivity contribution in [2.75, 3.05) is 24.7 Å². The number of anilines is 1. The van der Waals surface area contributed by atoms with E-state index in [2.05, 4.69) is 34.4 Å². The Labute approximate surface area is 141 Å². The molecule has 1 aliphatic heterocycles. The van der Waals surface area contributed by atoms with Crippen LogP contribution in [0.1, 0.15) is 24.5 Å². The van der Waals surface area contributed by atoms with E-state index in [1.807, 2.05) is 25.1 Å². The van der Waals surface area contributed by atoms with Crippen LogP contribution in [0.15, 0.2) is 30.3 Å². The standard InChI is InChI=1S/C19H20N4O/c1-3-14-12-24-9-8-22(14)18-10-13(2)15(11-20)19-21-16-6-4-5-7-17(16)23(18)19/h4-7,10,14H,3,8-9,12H2,1-2H3. The predicted octanol–water partition coefficient (Wildman–Crippen LogP) is 3.28. The van der Waals surface area contributed by atoms with Gasteiger partial charge in [-0.2, -0.15) is 5.26 Å². The minimum Gasteiger partial charge on any atom is -0.377 e. The first-order valence-corrected chi connectivity index (χ1v) is 8.40. The molecule has 0 radical (unpaired) electrons. The van der Waals surface area contributed by atoms with Crippen LogP contribution in [-0.4, -0.2) is 35.2 Å². The highest BCUT2D eigenvalue weighted by atomic mass is 16.5. The highest BCUT2D eigenvalue weighted by Gasteiger charge is 2.26. The summed E-state index contributed by atoms with van der Waals surface area (Å²) in [6, 6.07) is 12.9. The van der Waals surface area contributed by atoms with Crippen molar-refractivity contribution in [2.45, 2.75) is 26.3 Å². The lowest BCUT2D eigenvalue weighted by molar-refractivity contribution is 0.0925. The number of benzene rings is 1. The third-order valence-corrected chi connectivity index (χ3v) is 4.86. The molecule has 1 aromatic carbocycles. The van der Waals surface area contributed by atoms with Gasteiger partial charge in [0.15, 0.2) is 5.65 Å². The molecule has 1 aliphatic rings. The molecule has 4 rings (SSSR count). The first-order chi connectivity index (χ1) is 11.7. The van der Waals surface area contributed by atoms with E-state index in [1.54, 1.807) is 0 Å². The van der Waals surface area contributed by atoms with Crippen molar-refractivity contribution in [3.63, 3.8) is 0 Å². The van der Waals surface area contributed by atoms with Crippen molar-refractivity contribution in [3.8, 4) is 6.07 Å². The Bertz CT molecular complexity index is 953. The van der Waals surface area contributed by atoms with Crippen LogP contribution in [-0.2, 0) is 4.74 Å². The number of nitriles is 1. The molecule has 1 fully saturated rings. The second-order valence-electron chi connectivity index (χ2n) is 6.26. The number of para-hydroxylation sites is 2. The Kier molecular flexibility index (Phi) is 3.62. The minimum atomic E-state index is 0.343. The predicted molar refractivity (Wildman–Crippen MR) is 94.4 cm³/mol. The number of fused-ring (bicyclic) bond motifs is 3. The molecule has 5 nitrogen and oxygen atoms in total. The zero-order chi connectivity index (χ0) is 16.7. The molecule has 0 saturated carbocycles. The Morgan fingerprint density at radius 1 is 1.38 bits per heavy atom. The molecule has 0 spiro atoms. The zero-order valence-electron chi connectivity index (χ0n) is 14.0. The van der Waals surface area contributed by atoms with Crippen LogP contribution in [0.5, 0.6) is 0 Å². The summed E-state index contributed by atoms with van der Waals surface area (Å²) in [4.78, 5) is 7.14. The van der Waals surface area contributed by atoms with Gasteiger partial charge in [0.2, 0.25) is 0 Å². The van der Waals surface area contributed by atoms with E-state index in [-0.39, 0.29) is 0 Å². The molecule has 122 valence electrons. The molecule has 3 aromatic rings. The fourth-order valence-corrected chi connectivity index (χ4v) is 3.58. The topological polar surface area (TPSA) is 53.6 Å². The molecule has 2 aromatic heterocycles. The summed E-state index contributed by atoms with van der Waals surface area (Å²) in [5.74, 6) is 1.10. The number of ether oxygens (including phenoxy) is 1. The van der Waals surface area contributed by atoms with E-state index >= 15 is 0 Å². The smallest absolute Gasteiger partial charge is 0.157 e. The lowest BCUT2D eigenvalue weighted by Crippen LogP contribution is -2.46. The van der Waals surface area contributed by atoms with Crippen LogP contribution in [0.4, 0.5) is 5.82 Å². The molecule has 3 heterocycles. The summed E-state index contributed by atoms with van der Waals surface area (Å²) in [5.41, 5.74) is 4.32. The molecule has 24 heavy (non-hydrogen) atoms. The van der Waals surface area contributed by atoms with Gasteiger partial charge in [-0.05, 0) is 37.1 Å². The van der Waals surface area contributed by atoms with Gasteiger partial charge in [0.1, 0.15) is 11.9 Å². The fraction of sp³-hybridized carbons (Fsp3) is 0.368. The molecule has 0 N–H and O–H groups in total. The zero-order valence-corrected chi connectivity index (χ0v) is 14.0. The van der Waals surface area contributed by atoms with Crippen molar-refractivity contribution < 1.29 is 4.74 Å². The van der Waals surface area contributed by atoms with Gasteiger partial charge >= 0.3 is 0 Å². The summed E-state index contributed by atoms with van der Waals surface area (Å²) < 4.78 is 7.80. The van der Waals surface area contributed by atoms with Gasteiger partial charge < -0.3 is 9.64 Å². The number of pyridine rings is 1. The summed E-state index contributed by atoms with van der Waals surface area (Å²) in [6.07, 6.45) is 1.02. The van der Waals surface area contributed by atoms with E-state index in [0.29, 0.717) is 11.6 Å². The lowest BCUT2D eigenvalue weighted by Gasteiger charge is -2.37. The summed E-state index contributed by atoms with van der Waals surface area (Å²) in [7, 11) is 0. The maximum Gasteiger partial charge on any atom is 0.157 e. The molecule has 1 saturated heterocycles. The van der Waals surface area contributed by atoms with Crippen LogP contribution < -0.4 is 4.90 Å². The maximum absolute atomic E-state index is 9.60. The number of aryl methyl sites for hydroxylation is 1. The second-order valence-corrected chi connectivity index (χ2v) is 6.26. The van der Waals surface area contributed by atoms with Crippen LogP contribution >= 0.6 is 0 Å². The monoisotopic (exact) mass is 320 g/mol. The maximum atomic E-state index is 9.60. The molecule has 1 unspecified atom stereocenters. The van der Waals surface area contributed by atoms with Gasteiger partial charge in [-0.15, -0.1) is 0 Å². The molecule has 0 amide bonds. The van der Waals surface area contributed by atoms with Crippen LogP contribution in [0.2, 0.25) is 0 Å². The minimum absolute atomic E-state index is 0.343. The second kappa shape index (κ2) is 5.81. The van der Waals surface area contributed by atoms with E-state index in [4.69, 9.17) is 9.72 Å². The van der Waals surface area contributed by atoms with Gasteiger partial charge in [0.25, 0.3) is 0 Å². The van der Waals surface area contributed by atoms with Crippen LogP contribution in [0.3, 0.4) is 0 Å². The van der Waals surface area contributed by atoms with Crippen molar-refractivity contribution in [1.82, 2.24) is 9.38 Å². The number of imidazole rings is 1. The summed E-state index contributed by atoms with van der Waals surface area (Å²) in [5, 5.41) is 9.60. The Hall–Kier alpha value is -2.58. The van der Waals surface area contributed by atoms with Crippen LogP contribution in [0.25, 0.3) is 16.7 Å². The van der Waals surface area contributed by atoms with Crippen molar-refractivity contribution in [3.05, 3.63) is 41.5 Å². The largest absolute Gasteiger partial charge is 0.377 e. The van der Waals surface area contributed by atoms with Gasteiger partial charge in [0, 0.05) is 6.54 Å². The Morgan fingerprint density at radius 3 is 3.00 bits per heavy atom. The number of nitrogens with zero attached hydrogens (tertiary/aromatic N) is 4. The number of hydrogen-bond donors (Lipinski definition) is 0. The number of morpholine rings is 1. The SMILES string of the molecule is CCC1COCCN1c1cc(C)c(C#N)c2nc3ccccc3n12. The quantitative estimate of drug-likeness (QED) is 0.727. The first kappa shape index (κ1) is 15.0. The molecule has 5 heteroatoms. The van der Waals surface area contributed by atoms with E-state index in [9.17, 15) is 5.26 Å². The first-order valence-electron chi connectivity index (χ1n) is 8.40. The number of aromatic nitrogens is 2. The number of hydrogen-bond acceptors (Lipinski definition) is 4. The van der Waals surface area contributed by atoms with E-state index in [0.717, 1.165) is 54.2 Å². The third-order valence-electron chi connectivity index (χ3n) is 4.86. The van der Waals surface area contributed by atoms with E-state index < -0.39 is 0 Å². The average molecular weight is 320 g/mol. The van der Waals surface area contributed by atoms with Crippen LogP contribution in [0, 0.1) is 18.3 Å². The lowest BCUT2D eigenvalue weighted by atomic mass is 10.1. The van der Waals surface area contributed by atoms with Crippen molar-refractivity contribution >= 4 is 22.5 Å². The van der Waals surface area contributed by atoms with E-state index in [1.165, 1.54) is 0 Å². The molecular weight excluding hydrogens is 300 g/mol. The molecule has 0 aliphatic carbocycles. The van der Waals surface area contributed by atoms with Gasteiger partial charge in [-0.1, -0.05) is 19.1 Å². The molecule has 1 atom stereocenters. The highest BCUT2D eigenvalue weighted by Crippen LogP contribution is 2.30. The van der Waals surface area contributed by atoms with Gasteiger partial charge in [-0.3, -0.25) is 4.40 Å².